The molecule has 0 saturated heterocycles. The summed E-state index contributed by atoms with van der Waals surface area (Å²) in [5.74, 6) is 0.396. The van der Waals surface area contributed by atoms with E-state index in [1.165, 1.54) is 0 Å². The van der Waals surface area contributed by atoms with E-state index in [-0.39, 0.29) is 29.8 Å². The lowest BCUT2D eigenvalue weighted by Gasteiger charge is -2.25. The Bertz CT molecular complexity index is 1420. The molecule has 2 fully saturated rings. The molecule has 6 nitrogen and oxygen atoms in total. The number of carboxylic acid groups (broad SMARTS) is 1. The lowest BCUT2D eigenvalue weighted by Crippen LogP contribution is -2.31. The lowest BCUT2D eigenvalue weighted by atomic mass is 9.93. The molecule has 1 heterocycles. The summed E-state index contributed by atoms with van der Waals surface area (Å²) in [5.41, 5.74) is 8.68. The van der Waals surface area contributed by atoms with Crippen LogP contribution in [0.25, 0.3) is 16.9 Å². The predicted molar refractivity (Wildman–Crippen MR) is 150 cm³/mol. The van der Waals surface area contributed by atoms with Crippen LogP contribution in [0, 0.1) is 11.8 Å². The van der Waals surface area contributed by atoms with Crippen molar-refractivity contribution in [3.8, 4) is 11.1 Å². The van der Waals surface area contributed by atoms with Gasteiger partial charge in [-0.1, -0.05) is 78.9 Å². The Morgan fingerprint density at radius 3 is 2.13 bits per heavy atom. The first-order chi connectivity index (χ1) is 18.8. The van der Waals surface area contributed by atoms with Crippen molar-refractivity contribution in [3.63, 3.8) is 0 Å². The van der Waals surface area contributed by atoms with Crippen molar-refractivity contribution in [2.24, 2.45) is 11.8 Å². The molecule has 6 rings (SSSR count). The molecule has 2 saturated carbocycles. The zero-order chi connectivity index (χ0) is 27.3. The van der Waals surface area contributed by atoms with Gasteiger partial charge in [0.25, 0.3) is 0 Å². The second-order valence-corrected chi connectivity index (χ2v) is 11.3. The maximum Gasteiger partial charge on any atom is 0.314 e. The van der Waals surface area contributed by atoms with Crippen LogP contribution in [0.4, 0.5) is 0 Å². The number of carbonyl (C=O) groups excluding carboxylic acids is 1. The van der Waals surface area contributed by atoms with Gasteiger partial charge in [0.2, 0.25) is 5.91 Å². The van der Waals surface area contributed by atoms with Crippen molar-refractivity contribution < 1.29 is 19.5 Å². The van der Waals surface area contributed by atoms with Crippen molar-refractivity contribution >= 4 is 17.6 Å². The van der Waals surface area contributed by atoms with E-state index in [0.717, 1.165) is 45.6 Å². The molecule has 2 N–H and O–H groups in total. The highest BCUT2D eigenvalue weighted by atomic mass is 16.7. The normalized spacial score (nSPS) is 23.6. The second-order valence-electron chi connectivity index (χ2n) is 11.3. The molecular weight excluding hydrogens is 488 g/mol. The van der Waals surface area contributed by atoms with Gasteiger partial charge in [-0.15, -0.1) is 5.48 Å². The number of hydrogen-bond acceptors (Lipinski definition) is 4. The topological polar surface area (TPSA) is 78.9 Å². The van der Waals surface area contributed by atoms with Gasteiger partial charge in [-0.3, -0.25) is 9.59 Å². The van der Waals surface area contributed by atoms with E-state index in [1.807, 2.05) is 54.4 Å². The number of hydrogen-bond donors (Lipinski definition) is 2. The maximum atomic E-state index is 13.4. The summed E-state index contributed by atoms with van der Waals surface area (Å²) < 4.78 is 0. The molecule has 0 bridgehead atoms. The highest BCUT2D eigenvalue weighted by Crippen LogP contribution is 2.51. The lowest BCUT2D eigenvalue weighted by molar-refractivity contribution is -0.140. The van der Waals surface area contributed by atoms with Gasteiger partial charge in [-0.05, 0) is 66.9 Å². The van der Waals surface area contributed by atoms with Crippen molar-refractivity contribution in [1.29, 1.82) is 0 Å². The average molecular weight is 523 g/mol. The van der Waals surface area contributed by atoms with Gasteiger partial charge in [-0.25, -0.2) is 0 Å². The van der Waals surface area contributed by atoms with Crippen molar-refractivity contribution in [1.82, 2.24) is 10.4 Å². The Kier molecular flexibility index (Phi) is 6.31. The molecule has 3 unspecified atom stereocenters. The number of carbonyl (C=O) groups is 2. The fourth-order valence-electron chi connectivity index (χ4n) is 5.95. The molecule has 3 aromatic carbocycles. The zero-order valence-electron chi connectivity index (χ0n) is 22.6. The minimum absolute atomic E-state index is 0.0179. The fraction of sp³-hybridized carbons (Fsp3) is 0.333. The number of aliphatic carboxylic acids is 1. The van der Waals surface area contributed by atoms with Crippen LogP contribution in [0.15, 0.2) is 84.4 Å². The Hall–Kier alpha value is -3.90. The third kappa shape index (κ3) is 4.53. The summed E-state index contributed by atoms with van der Waals surface area (Å²) in [6.45, 7) is 4.15. The standard InChI is InChI=1S/C33H34N2O4/c1-20-29(27-19-28(27)31(36)35(3)21(2)22-7-5-4-6-8-22)30(39-34-20)25-11-9-23(10-12-25)24-13-15-26(16-14-24)33(17-18-33)32(37)38/h4-16,20-21,27-28,34H,17-19H2,1-3H3,(H,37,38)/t20?,21-,27?,28?/m1/s1. The van der Waals surface area contributed by atoms with Crippen molar-refractivity contribution in [2.45, 2.75) is 50.6 Å². The largest absolute Gasteiger partial charge is 0.481 e. The molecule has 6 heteroatoms. The smallest absolute Gasteiger partial charge is 0.314 e. The number of rotatable bonds is 8. The molecule has 3 aromatic rings. The number of hydroxylamine groups is 1. The first-order valence-electron chi connectivity index (χ1n) is 13.7. The van der Waals surface area contributed by atoms with E-state index in [0.29, 0.717) is 12.8 Å². The highest BCUT2D eigenvalue weighted by molar-refractivity contribution is 5.85. The molecule has 0 radical (unpaired) electrons. The molecule has 1 amide bonds. The molecule has 0 spiro atoms. The first kappa shape index (κ1) is 25.4. The van der Waals surface area contributed by atoms with Crippen LogP contribution in [0.5, 0.6) is 0 Å². The third-order valence-electron chi connectivity index (χ3n) is 8.86. The number of carboxylic acids is 1. The Balaban J connectivity index is 1.18. The summed E-state index contributed by atoms with van der Waals surface area (Å²) in [6, 6.07) is 26.3. The SMILES string of the molecule is CC1NOC(c2ccc(-c3ccc(C4(C(=O)O)CC4)cc3)cc2)=C1C1CC1C(=O)N(C)[C@H](C)c1ccccc1. The maximum absolute atomic E-state index is 13.4. The zero-order valence-corrected chi connectivity index (χ0v) is 22.6. The minimum Gasteiger partial charge on any atom is -0.481 e. The van der Waals surface area contributed by atoms with Gasteiger partial charge in [0.05, 0.1) is 17.5 Å². The van der Waals surface area contributed by atoms with Gasteiger partial charge in [-0.2, -0.15) is 0 Å². The summed E-state index contributed by atoms with van der Waals surface area (Å²) >= 11 is 0. The Morgan fingerprint density at radius 1 is 0.949 bits per heavy atom. The Morgan fingerprint density at radius 2 is 1.54 bits per heavy atom. The van der Waals surface area contributed by atoms with Crippen molar-refractivity contribution in [3.05, 3.63) is 101 Å². The van der Waals surface area contributed by atoms with Crippen LogP contribution in [-0.4, -0.2) is 35.0 Å². The predicted octanol–water partition coefficient (Wildman–Crippen LogP) is 5.96. The quantitative estimate of drug-likeness (QED) is 0.382. The van der Waals surface area contributed by atoms with Crippen LogP contribution < -0.4 is 5.48 Å². The van der Waals surface area contributed by atoms with Gasteiger partial charge >= 0.3 is 5.97 Å². The Labute approximate surface area is 229 Å². The van der Waals surface area contributed by atoms with Crippen LogP contribution in [0.2, 0.25) is 0 Å². The monoisotopic (exact) mass is 522 g/mol. The first-order valence-corrected chi connectivity index (χ1v) is 13.7. The number of nitrogens with zero attached hydrogens (tertiary/aromatic N) is 1. The van der Waals surface area contributed by atoms with Gasteiger partial charge in [0.1, 0.15) is 0 Å². The van der Waals surface area contributed by atoms with Gasteiger partial charge in [0.15, 0.2) is 5.76 Å². The van der Waals surface area contributed by atoms with E-state index in [4.69, 9.17) is 4.84 Å². The van der Waals surface area contributed by atoms with E-state index < -0.39 is 11.4 Å². The summed E-state index contributed by atoms with van der Waals surface area (Å²) in [4.78, 5) is 32.8. The molecule has 0 aromatic heterocycles. The summed E-state index contributed by atoms with van der Waals surface area (Å²) in [7, 11) is 1.90. The molecule has 4 atom stereocenters. The number of benzene rings is 3. The van der Waals surface area contributed by atoms with Crippen molar-refractivity contribution in [2.75, 3.05) is 7.05 Å². The van der Waals surface area contributed by atoms with Crippen LogP contribution in [-0.2, 0) is 19.8 Å². The van der Waals surface area contributed by atoms with E-state index in [2.05, 4.69) is 55.7 Å². The van der Waals surface area contributed by atoms with Crippen LogP contribution >= 0.6 is 0 Å². The van der Waals surface area contributed by atoms with Gasteiger partial charge < -0.3 is 14.8 Å². The number of amides is 1. The number of nitrogens with one attached hydrogen (secondary N) is 1. The highest BCUT2D eigenvalue weighted by Gasteiger charge is 2.52. The van der Waals surface area contributed by atoms with E-state index in [9.17, 15) is 14.7 Å². The third-order valence-corrected chi connectivity index (χ3v) is 8.86. The molecule has 2 aliphatic carbocycles. The van der Waals surface area contributed by atoms with E-state index >= 15 is 0 Å². The average Bonchev–Trinajstić information content (AvgIpc) is 3.90. The minimum atomic E-state index is -0.736. The summed E-state index contributed by atoms with van der Waals surface area (Å²) in [5, 5.41) is 9.56. The molecular formula is C33H34N2O4. The van der Waals surface area contributed by atoms with Gasteiger partial charge in [0, 0.05) is 18.5 Å². The van der Waals surface area contributed by atoms with Crippen LogP contribution in [0.1, 0.15) is 55.8 Å². The molecule has 39 heavy (non-hydrogen) atoms. The second kappa shape index (κ2) is 9.69. The van der Waals surface area contributed by atoms with E-state index in [1.54, 1.807) is 0 Å². The summed E-state index contributed by atoms with van der Waals surface area (Å²) in [6.07, 6.45) is 2.24. The molecule has 3 aliphatic rings. The fourth-order valence-corrected chi connectivity index (χ4v) is 5.95. The van der Waals surface area contributed by atoms with Crippen LogP contribution in [0.3, 0.4) is 0 Å². The molecule has 200 valence electrons. The molecule has 1 aliphatic heterocycles.